The zero-order valence-corrected chi connectivity index (χ0v) is 15.7. The van der Waals surface area contributed by atoms with Gasteiger partial charge >= 0.3 is 0 Å². The average molecular weight is 351 g/mol. The highest BCUT2D eigenvalue weighted by Crippen LogP contribution is 2.19. The maximum Gasteiger partial charge on any atom is 0.224 e. The second-order valence-electron chi connectivity index (χ2n) is 7.44. The van der Waals surface area contributed by atoms with Crippen LogP contribution in [0, 0.1) is 11.8 Å². The van der Waals surface area contributed by atoms with E-state index in [1.807, 2.05) is 4.90 Å². The molecule has 25 heavy (non-hydrogen) atoms. The Balaban J connectivity index is 1.76. The SMILES string of the molecule is CN=C(NCCC(=O)N1CCCC(C)C1)N1CCCC(CC(N)=O)C1. The van der Waals surface area contributed by atoms with Gasteiger partial charge in [-0.1, -0.05) is 6.92 Å². The Kier molecular flexibility index (Phi) is 7.52. The lowest BCUT2D eigenvalue weighted by Crippen LogP contribution is -2.48. The van der Waals surface area contributed by atoms with Crippen molar-refractivity contribution in [3.05, 3.63) is 0 Å². The summed E-state index contributed by atoms with van der Waals surface area (Å²) in [6.45, 7) is 6.28. The molecule has 3 N–H and O–H groups in total. The van der Waals surface area contributed by atoms with Gasteiger partial charge in [-0.25, -0.2) is 0 Å². The van der Waals surface area contributed by atoms with E-state index in [1.54, 1.807) is 7.05 Å². The fourth-order valence-electron chi connectivity index (χ4n) is 3.90. The average Bonchev–Trinajstić information content (AvgIpc) is 2.58. The molecule has 2 aliphatic rings. The minimum atomic E-state index is -0.240. The van der Waals surface area contributed by atoms with Crippen molar-refractivity contribution in [2.45, 2.75) is 45.4 Å². The van der Waals surface area contributed by atoms with Crippen LogP contribution in [0.15, 0.2) is 4.99 Å². The van der Waals surface area contributed by atoms with E-state index in [1.165, 1.54) is 6.42 Å². The van der Waals surface area contributed by atoms with E-state index < -0.39 is 0 Å². The van der Waals surface area contributed by atoms with E-state index >= 15 is 0 Å². The van der Waals surface area contributed by atoms with Crippen LogP contribution in [0.25, 0.3) is 0 Å². The predicted molar refractivity (Wildman–Crippen MR) is 99.1 cm³/mol. The van der Waals surface area contributed by atoms with E-state index in [2.05, 4.69) is 22.1 Å². The first-order valence-corrected chi connectivity index (χ1v) is 9.51. The molecule has 2 saturated heterocycles. The largest absolute Gasteiger partial charge is 0.370 e. The van der Waals surface area contributed by atoms with Crippen LogP contribution in [-0.4, -0.2) is 67.3 Å². The van der Waals surface area contributed by atoms with Crippen LogP contribution in [-0.2, 0) is 9.59 Å². The molecule has 2 aliphatic heterocycles. The number of nitrogens with one attached hydrogen (secondary N) is 1. The predicted octanol–water partition coefficient (Wildman–Crippen LogP) is 0.798. The molecule has 2 amide bonds. The van der Waals surface area contributed by atoms with Crippen molar-refractivity contribution in [3.63, 3.8) is 0 Å². The smallest absolute Gasteiger partial charge is 0.224 e. The van der Waals surface area contributed by atoms with Crippen molar-refractivity contribution in [1.82, 2.24) is 15.1 Å². The number of piperidine rings is 2. The Hall–Kier alpha value is -1.79. The van der Waals surface area contributed by atoms with Crippen LogP contribution in [0.4, 0.5) is 0 Å². The Labute approximate surface area is 151 Å². The molecule has 7 nitrogen and oxygen atoms in total. The molecule has 0 aliphatic carbocycles. The summed E-state index contributed by atoms with van der Waals surface area (Å²) in [5.41, 5.74) is 5.33. The highest BCUT2D eigenvalue weighted by molar-refractivity contribution is 5.81. The number of carbonyl (C=O) groups is 2. The van der Waals surface area contributed by atoms with Gasteiger partial charge in [0, 0.05) is 52.6 Å². The number of rotatable bonds is 5. The molecule has 2 fully saturated rings. The van der Waals surface area contributed by atoms with E-state index in [4.69, 9.17) is 5.73 Å². The fourth-order valence-corrected chi connectivity index (χ4v) is 3.90. The molecule has 142 valence electrons. The molecule has 0 aromatic rings. The van der Waals surface area contributed by atoms with Crippen molar-refractivity contribution in [2.24, 2.45) is 22.6 Å². The molecule has 7 heteroatoms. The molecule has 2 atom stereocenters. The lowest BCUT2D eigenvalue weighted by Gasteiger charge is -2.35. The fraction of sp³-hybridized carbons (Fsp3) is 0.833. The molecule has 0 bridgehead atoms. The van der Waals surface area contributed by atoms with Gasteiger partial charge in [0.15, 0.2) is 5.96 Å². The maximum atomic E-state index is 12.3. The number of amides is 2. The number of likely N-dealkylation sites (tertiary alicyclic amines) is 2. The van der Waals surface area contributed by atoms with Crippen molar-refractivity contribution >= 4 is 17.8 Å². The summed E-state index contributed by atoms with van der Waals surface area (Å²) in [6, 6.07) is 0. The van der Waals surface area contributed by atoms with Gasteiger partial charge < -0.3 is 20.9 Å². The van der Waals surface area contributed by atoms with Gasteiger partial charge in [-0.2, -0.15) is 0 Å². The molecule has 2 heterocycles. The number of hydrogen-bond acceptors (Lipinski definition) is 3. The highest BCUT2D eigenvalue weighted by atomic mass is 16.2. The van der Waals surface area contributed by atoms with Gasteiger partial charge in [0.2, 0.25) is 11.8 Å². The lowest BCUT2D eigenvalue weighted by atomic mass is 9.95. The van der Waals surface area contributed by atoms with Crippen LogP contribution in [0.3, 0.4) is 0 Å². The van der Waals surface area contributed by atoms with E-state index in [9.17, 15) is 9.59 Å². The number of guanidine groups is 1. The normalized spacial score (nSPS) is 25.0. The first-order chi connectivity index (χ1) is 12.0. The van der Waals surface area contributed by atoms with Crippen LogP contribution in [0.5, 0.6) is 0 Å². The van der Waals surface area contributed by atoms with Gasteiger partial charge in [0.05, 0.1) is 0 Å². The van der Waals surface area contributed by atoms with Crippen molar-refractivity contribution in [2.75, 3.05) is 39.8 Å². The molecule has 2 rings (SSSR count). The third-order valence-corrected chi connectivity index (χ3v) is 5.15. The minimum absolute atomic E-state index is 0.222. The van der Waals surface area contributed by atoms with Crippen molar-refractivity contribution in [1.29, 1.82) is 0 Å². The Morgan fingerprint density at radius 2 is 1.88 bits per heavy atom. The molecular formula is C18H33N5O2. The van der Waals surface area contributed by atoms with E-state index in [0.717, 1.165) is 51.4 Å². The zero-order chi connectivity index (χ0) is 18.2. The van der Waals surface area contributed by atoms with Gasteiger partial charge in [0.1, 0.15) is 0 Å². The minimum Gasteiger partial charge on any atom is -0.370 e. The summed E-state index contributed by atoms with van der Waals surface area (Å²) in [6.07, 6.45) is 5.31. The second-order valence-corrected chi connectivity index (χ2v) is 7.44. The molecule has 0 saturated carbocycles. The van der Waals surface area contributed by atoms with Gasteiger partial charge in [-0.3, -0.25) is 14.6 Å². The van der Waals surface area contributed by atoms with Crippen molar-refractivity contribution in [3.8, 4) is 0 Å². The number of hydrogen-bond donors (Lipinski definition) is 2. The first kappa shape index (κ1) is 19.5. The second kappa shape index (κ2) is 9.63. The standard InChI is InChI=1S/C18H33N5O2/c1-14-5-3-9-22(12-14)17(25)7-8-21-18(20-2)23-10-4-6-15(13-23)11-16(19)24/h14-15H,3-13H2,1-2H3,(H2,19,24)(H,20,21). The summed E-state index contributed by atoms with van der Waals surface area (Å²) < 4.78 is 0. The summed E-state index contributed by atoms with van der Waals surface area (Å²) in [5.74, 6) is 1.69. The van der Waals surface area contributed by atoms with Crippen LogP contribution >= 0.6 is 0 Å². The van der Waals surface area contributed by atoms with E-state index in [0.29, 0.717) is 31.2 Å². The molecular weight excluding hydrogens is 318 g/mol. The highest BCUT2D eigenvalue weighted by Gasteiger charge is 2.24. The molecule has 0 radical (unpaired) electrons. The summed E-state index contributed by atoms with van der Waals surface area (Å²) in [4.78, 5) is 32.0. The molecule has 2 unspecified atom stereocenters. The third-order valence-electron chi connectivity index (χ3n) is 5.15. The maximum absolute atomic E-state index is 12.3. The zero-order valence-electron chi connectivity index (χ0n) is 15.7. The van der Waals surface area contributed by atoms with Crippen LogP contribution in [0.2, 0.25) is 0 Å². The molecule has 0 aromatic carbocycles. The topological polar surface area (TPSA) is 91.0 Å². The number of nitrogens with two attached hydrogens (primary N) is 1. The number of aliphatic imine (C=N–C) groups is 1. The van der Waals surface area contributed by atoms with Gasteiger partial charge in [-0.15, -0.1) is 0 Å². The molecule has 0 aromatic heterocycles. The first-order valence-electron chi connectivity index (χ1n) is 9.51. The van der Waals surface area contributed by atoms with Crippen LogP contribution in [0.1, 0.15) is 45.4 Å². The lowest BCUT2D eigenvalue weighted by molar-refractivity contribution is -0.132. The number of nitrogens with zero attached hydrogens (tertiary/aromatic N) is 3. The van der Waals surface area contributed by atoms with Gasteiger partial charge in [-0.05, 0) is 37.5 Å². The van der Waals surface area contributed by atoms with Crippen LogP contribution < -0.4 is 11.1 Å². The monoisotopic (exact) mass is 351 g/mol. The molecule has 0 spiro atoms. The Bertz CT molecular complexity index is 494. The Morgan fingerprint density at radius 3 is 2.56 bits per heavy atom. The third kappa shape index (κ3) is 6.21. The Morgan fingerprint density at radius 1 is 1.16 bits per heavy atom. The van der Waals surface area contributed by atoms with Gasteiger partial charge in [0.25, 0.3) is 0 Å². The number of carbonyl (C=O) groups excluding carboxylic acids is 2. The van der Waals surface area contributed by atoms with Crippen molar-refractivity contribution < 1.29 is 9.59 Å². The van der Waals surface area contributed by atoms with E-state index in [-0.39, 0.29) is 11.8 Å². The number of primary amides is 1. The quantitative estimate of drug-likeness (QED) is 0.566. The summed E-state index contributed by atoms with van der Waals surface area (Å²) in [7, 11) is 1.76. The summed E-state index contributed by atoms with van der Waals surface area (Å²) >= 11 is 0. The summed E-state index contributed by atoms with van der Waals surface area (Å²) in [5, 5.41) is 3.31.